The second-order valence-electron chi connectivity index (χ2n) is 5.89. The number of hydrogen-bond acceptors (Lipinski definition) is 4. The third-order valence-electron chi connectivity index (χ3n) is 4.25. The Hall–Kier alpha value is -2.41. The van der Waals surface area contributed by atoms with Gasteiger partial charge in [0.25, 0.3) is 5.91 Å². The fourth-order valence-electron chi connectivity index (χ4n) is 3.03. The second-order valence-corrected chi connectivity index (χ2v) is 7.10. The van der Waals surface area contributed by atoms with Gasteiger partial charge in [0.2, 0.25) is 0 Å². The molecule has 1 fully saturated rings. The summed E-state index contributed by atoms with van der Waals surface area (Å²) < 4.78 is 15.8. The number of fused-ring (bicyclic) bond motifs is 1. The summed E-state index contributed by atoms with van der Waals surface area (Å²) in [6.07, 6.45) is 3.75. The van der Waals surface area contributed by atoms with Crippen LogP contribution >= 0.6 is 11.3 Å². The molecular formula is C17H17FN4OS. The highest BCUT2D eigenvalue weighted by Crippen LogP contribution is 2.21. The molecule has 3 heterocycles. The van der Waals surface area contributed by atoms with Gasteiger partial charge in [-0.05, 0) is 19.1 Å². The zero-order chi connectivity index (χ0) is 16.7. The van der Waals surface area contributed by atoms with Gasteiger partial charge in [0.05, 0.1) is 5.69 Å². The lowest BCUT2D eigenvalue weighted by molar-refractivity contribution is 0.0741. The van der Waals surface area contributed by atoms with Crippen LogP contribution in [-0.2, 0) is 0 Å². The van der Waals surface area contributed by atoms with Gasteiger partial charge in [-0.2, -0.15) is 0 Å². The van der Waals surface area contributed by atoms with E-state index in [1.54, 1.807) is 34.6 Å². The van der Waals surface area contributed by atoms with Gasteiger partial charge in [0, 0.05) is 43.4 Å². The van der Waals surface area contributed by atoms with Gasteiger partial charge in [0.1, 0.15) is 11.5 Å². The van der Waals surface area contributed by atoms with Crippen molar-refractivity contribution in [3.8, 4) is 0 Å². The topological polar surface area (TPSA) is 40.9 Å². The van der Waals surface area contributed by atoms with Crippen LogP contribution < -0.4 is 4.90 Å². The molecular weight excluding hydrogens is 327 g/mol. The van der Waals surface area contributed by atoms with E-state index in [4.69, 9.17) is 0 Å². The fraction of sp³-hybridized carbons (Fsp3) is 0.294. The van der Waals surface area contributed by atoms with Crippen LogP contribution in [0.2, 0.25) is 0 Å². The molecule has 1 saturated heterocycles. The maximum Gasteiger partial charge on any atom is 0.274 e. The molecule has 0 aliphatic carbocycles. The van der Waals surface area contributed by atoms with E-state index in [0.717, 1.165) is 9.84 Å². The molecule has 0 spiro atoms. The largest absolute Gasteiger partial charge is 0.366 e. The molecule has 1 aliphatic heterocycles. The summed E-state index contributed by atoms with van der Waals surface area (Å²) in [5.74, 6) is -0.279. The molecule has 0 saturated carbocycles. The van der Waals surface area contributed by atoms with Crippen LogP contribution in [-0.4, -0.2) is 46.4 Å². The highest BCUT2D eigenvalue weighted by Gasteiger charge is 2.25. The molecule has 3 aromatic rings. The third kappa shape index (κ3) is 2.65. The molecule has 0 atom stereocenters. The van der Waals surface area contributed by atoms with Crippen molar-refractivity contribution >= 4 is 27.9 Å². The Bertz CT molecular complexity index is 864. The van der Waals surface area contributed by atoms with E-state index in [1.807, 2.05) is 28.5 Å². The highest BCUT2D eigenvalue weighted by atomic mass is 32.1. The highest BCUT2D eigenvalue weighted by molar-refractivity contribution is 7.17. The van der Waals surface area contributed by atoms with Gasteiger partial charge in [-0.15, -0.1) is 11.3 Å². The summed E-state index contributed by atoms with van der Waals surface area (Å²) in [4.78, 5) is 22.8. The van der Waals surface area contributed by atoms with Crippen molar-refractivity contribution in [2.75, 3.05) is 31.1 Å². The Kier molecular flexibility index (Phi) is 3.72. The first-order valence-electron chi connectivity index (χ1n) is 7.86. The number of carbonyl (C=O) groups is 1. The number of aryl methyl sites for hydroxylation is 1. The Labute approximate surface area is 142 Å². The number of halogens is 1. The number of imidazole rings is 1. The third-order valence-corrected chi connectivity index (χ3v) is 5.16. The fourth-order valence-corrected chi connectivity index (χ4v) is 3.84. The summed E-state index contributed by atoms with van der Waals surface area (Å²) >= 11 is 1.57. The van der Waals surface area contributed by atoms with Crippen LogP contribution in [0.3, 0.4) is 0 Å². The average molecular weight is 344 g/mol. The second kappa shape index (κ2) is 5.90. The number of piperazine rings is 1. The van der Waals surface area contributed by atoms with Gasteiger partial charge in [-0.25, -0.2) is 9.37 Å². The molecule has 2 aromatic heterocycles. The predicted octanol–water partition coefficient (Wildman–Crippen LogP) is 2.81. The number of amides is 1. The maximum atomic E-state index is 13.9. The van der Waals surface area contributed by atoms with E-state index in [1.165, 1.54) is 6.07 Å². The molecule has 1 aromatic carbocycles. The number of thiazole rings is 1. The Morgan fingerprint density at radius 1 is 1.17 bits per heavy atom. The van der Waals surface area contributed by atoms with Crippen molar-refractivity contribution in [2.24, 2.45) is 0 Å². The summed E-state index contributed by atoms with van der Waals surface area (Å²) in [6.45, 7) is 4.39. The average Bonchev–Trinajstić information content (AvgIpc) is 3.12. The first kappa shape index (κ1) is 15.1. The molecule has 124 valence electrons. The number of hydrogen-bond donors (Lipinski definition) is 0. The summed E-state index contributed by atoms with van der Waals surface area (Å²) in [5.41, 5.74) is 1.07. The van der Waals surface area contributed by atoms with E-state index in [2.05, 4.69) is 4.98 Å². The number of para-hydroxylation sites is 1. The van der Waals surface area contributed by atoms with Crippen molar-refractivity contribution in [1.29, 1.82) is 0 Å². The van der Waals surface area contributed by atoms with Crippen LogP contribution in [0.1, 0.15) is 15.4 Å². The smallest absolute Gasteiger partial charge is 0.274 e. The first-order chi connectivity index (χ1) is 11.6. The van der Waals surface area contributed by atoms with Crippen molar-refractivity contribution < 1.29 is 9.18 Å². The van der Waals surface area contributed by atoms with Crippen molar-refractivity contribution in [2.45, 2.75) is 6.92 Å². The van der Waals surface area contributed by atoms with Gasteiger partial charge in [-0.1, -0.05) is 12.1 Å². The molecule has 24 heavy (non-hydrogen) atoms. The minimum atomic E-state index is -0.220. The molecule has 1 aliphatic rings. The van der Waals surface area contributed by atoms with Crippen molar-refractivity contribution in [3.63, 3.8) is 0 Å². The molecule has 4 rings (SSSR count). The lowest BCUT2D eigenvalue weighted by Crippen LogP contribution is -2.49. The Morgan fingerprint density at radius 3 is 2.62 bits per heavy atom. The van der Waals surface area contributed by atoms with Gasteiger partial charge < -0.3 is 9.80 Å². The normalized spacial score (nSPS) is 15.2. The number of aromatic nitrogens is 2. The molecule has 5 nitrogen and oxygen atoms in total. The van der Waals surface area contributed by atoms with E-state index in [0.29, 0.717) is 37.6 Å². The quantitative estimate of drug-likeness (QED) is 0.718. The lowest BCUT2D eigenvalue weighted by Gasteiger charge is -2.35. The Morgan fingerprint density at radius 2 is 1.92 bits per heavy atom. The van der Waals surface area contributed by atoms with Crippen LogP contribution in [0.15, 0.2) is 36.7 Å². The van der Waals surface area contributed by atoms with Crippen LogP contribution in [0, 0.1) is 12.7 Å². The monoisotopic (exact) mass is 344 g/mol. The lowest BCUT2D eigenvalue weighted by atomic mass is 10.2. The number of carbonyl (C=O) groups excluding carboxylic acids is 1. The van der Waals surface area contributed by atoms with Crippen LogP contribution in [0.4, 0.5) is 10.1 Å². The van der Waals surface area contributed by atoms with E-state index in [9.17, 15) is 9.18 Å². The van der Waals surface area contributed by atoms with Crippen molar-refractivity contribution in [3.05, 3.63) is 53.0 Å². The zero-order valence-electron chi connectivity index (χ0n) is 13.3. The van der Waals surface area contributed by atoms with Gasteiger partial charge >= 0.3 is 0 Å². The van der Waals surface area contributed by atoms with Crippen LogP contribution in [0.25, 0.3) is 4.96 Å². The van der Waals surface area contributed by atoms with Gasteiger partial charge in [-0.3, -0.25) is 9.20 Å². The Balaban J connectivity index is 1.46. The number of anilines is 1. The van der Waals surface area contributed by atoms with E-state index < -0.39 is 0 Å². The number of rotatable bonds is 2. The summed E-state index contributed by atoms with van der Waals surface area (Å²) in [6, 6.07) is 6.76. The van der Waals surface area contributed by atoms with Crippen LogP contribution in [0.5, 0.6) is 0 Å². The summed E-state index contributed by atoms with van der Waals surface area (Å²) in [7, 11) is 0. The molecule has 0 bridgehead atoms. The van der Waals surface area contributed by atoms with Gasteiger partial charge in [0.15, 0.2) is 4.96 Å². The molecule has 0 radical (unpaired) electrons. The molecule has 0 N–H and O–H groups in total. The predicted molar refractivity (Wildman–Crippen MR) is 92.3 cm³/mol. The standard InChI is InChI=1S/C17H17FN4OS/c1-12-10-22-11-14(19-17(22)24-12)16(23)21-8-6-20(7-9-21)15-5-3-2-4-13(15)18/h2-5,10-11H,6-9H2,1H3. The zero-order valence-corrected chi connectivity index (χ0v) is 14.1. The maximum absolute atomic E-state index is 13.9. The molecule has 0 unspecified atom stereocenters. The number of nitrogens with zero attached hydrogens (tertiary/aromatic N) is 4. The van der Waals surface area contributed by atoms with E-state index in [-0.39, 0.29) is 11.7 Å². The summed E-state index contributed by atoms with van der Waals surface area (Å²) in [5, 5.41) is 0. The number of benzene rings is 1. The minimum absolute atomic E-state index is 0.0586. The molecule has 7 heteroatoms. The first-order valence-corrected chi connectivity index (χ1v) is 8.67. The van der Waals surface area contributed by atoms with E-state index >= 15 is 0 Å². The SMILES string of the molecule is Cc1cn2cc(C(=O)N3CCN(c4ccccc4F)CC3)nc2s1. The molecule has 1 amide bonds. The minimum Gasteiger partial charge on any atom is -0.366 e. The van der Waals surface area contributed by atoms with Crippen molar-refractivity contribution in [1.82, 2.24) is 14.3 Å².